The van der Waals surface area contributed by atoms with Gasteiger partial charge in [0.2, 0.25) is 5.91 Å². The van der Waals surface area contributed by atoms with Crippen LogP contribution in [0.25, 0.3) is 11.0 Å². The second-order valence-corrected chi connectivity index (χ2v) is 5.78. The van der Waals surface area contributed by atoms with E-state index in [9.17, 15) is 4.79 Å². The predicted octanol–water partition coefficient (Wildman–Crippen LogP) is -0.379. The molecule has 23 heavy (non-hydrogen) atoms. The maximum atomic E-state index is 11.9. The Morgan fingerprint density at radius 2 is 2.22 bits per heavy atom. The molecule has 8 nitrogen and oxygen atoms in total. The van der Waals surface area contributed by atoms with Gasteiger partial charge in [0.1, 0.15) is 12.0 Å². The lowest BCUT2D eigenvalue weighted by molar-refractivity contribution is -0.124. The van der Waals surface area contributed by atoms with E-state index >= 15 is 0 Å². The first-order valence-corrected chi connectivity index (χ1v) is 7.83. The Labute approximate surface area is 133 Å². The van der Waals surface area contributed by atoms with Crippen molar-refractivity contribution in [1.29, 1.82) is 0 Å². The number of nitrogens with one attached hydrogen (secondary N) is 5. The van der Waals surface area contributed by atoms with Crippen molar-refractivity contribution in [2.75, 3.05) is 13.1 Å². The summed E-state index contributed by atoms with van der Waals surface area (Å²) in [4.78, 5) is 24.2. The van der Waals surface area contributed by atoms with Crippen molar-refractivity contribution in [3.63, 3.8) is 0 Å². The van der Waals surface area contributed by atoms with Gasteiger partial charge in [-0.25, -0.2) is 10.4 Å². The first-order chi connectivity index (χ1) is 11.3. The van der Waals surface area contributed by atoms with Crippen molar-refractivity contribution in [3.05, 3.63) is 30.1 Å². The zero-order valence-corrected chi connectivity index (χ0v) is 12.6. The molecule has 2 aliphatic rings. The van der Waals surface area contributed by atoms with Gasteiger partial charge in [0.15, 0.2) is 5.96 Å². The van der Waals surface area contributed by atoms with E-state index in [0.29, 0.717) is 19.0 Å². The minimum absolute atomic E-state index is 0.00211. The predicted molar refractivity (Wildman–Crippen MR) is 86.4 cm³/mol. The van der Waals surface area contributed by atoms with E-state index in [0.717, 1.165) is 29.7 Å². The number of carbonyl (C=O) groups excluding carboxylic acids is 1. The largest absolute Gasteiger partial charge is 0.342 e. The normalized spacial score (nSPS) is 25.4. The summed E-state index contributed by atoms with van der Waals surface area (Å²) in [6, 6.07) is 7.99. The van der Waals surface area contributed by atoms with Gasteiger partial charge in [-0.2, -0.15) is 0 Å². The molecule has 1 amide bonds. The number of hydrazine groups is 1. The summed E-state index contributed by atoms with van der Waals surface area (Å²) in [7, 11) is 0. The summed E-state index contributed by atoms with van der Waals surface area (Å²) in [6.45, 7) is 1.26. The number of nitrogens with zero attached hydrogens (tertiary/aromatic N) is 2. The highest BCUT2D eigenvalue weighted by atomic mass is 16.2. The standard InChI is InChI=1S/C15H19N7O/c23-14-9-8-17-22-13(9)20-15(21-14)16-7-3-6-12-18-10-4-1-2-5-11(10)19-12/h1-2,4-5,9,13,17,22H,3,6-8H2,(H,18,19)(H2,16,20,21,23). The second kappa shape index (κ2) is 5.98. The molecule has 0 bridgehead atoms. The quantitative estimate of drug-likeness (QED) is 0.495. The number of hydrogen-bond acceptors (Lipinski definition) is 5. The van der Waals surface area contributed by atoms with Gasteiger partial charge in [-0.3, -0.25) is 20.5 Å². The van der Waals surface area contributed by atoms with Crippen molar-refractivity contribution >= 4 is 22.9 Å². The van der Waals surface area contributed by atoms with Crippen LogP contribution in [0.3, 0.4) is 0 Å². The molecule has 2 fully saturated rings. The Balaban J connectivity index is 1.32. The number of para-hydroxylation sites is 2. The molecule has 5 N–H and O–H groups in total. The number of aliphatic imine (C=N–C) groups is 1. The van der Waals surface area contributed by atoms with Crippen LogP contribution in [0.2, 0.25) is 0 Å². The number of fused-ring (bicyclic) bond motifs is 2. The third-order valence-corrected chi connectivity index (χ3v) is 4.13. The topological polar surface area (TPSA) is 106 Å². The van der Waals surface area contributed by atoms with Gasteiger partial charge in [0.25, 0.3) is 0 Å². The zero-order valence-electron chi connectivity index (χ0n) is 12.6. The highest BCUT2D eigenvalue weighted by molar-refractivity contribution is 6.01. The van der Waals surface area contributed by atoms with Crippen LogP contribution in [0.4, 0.5) is 0 Å². The summed E-state index contributed by atoms with van der Waals surface area (Å²) in [5.74, 6) is 1.41. The van der Waals surface area contributed by atoms with Crippen molar-refractivity contribution < 1.29 is 4.79 Å². The van der Waals surface area contributed by atoms with Crippen LogP contribution in [-0.2, 0) is 11.2 Å². The van der Waals surface area contributed by atoms with Crippen LogP contribution in [0, 0.1) is 5.92 Å². The van der Waals surface area contributed by atoms with Gasteiger partial charge in [-0.1, -0.05) is 12.1 Å². The minimum Gasteiger partial charge on any atom is -0.342 e. The average molecular weight is 313 g/mol. The van der Waals surface area contributed by atoms with Gasteiger partial charge in [-0.15, -0.1) is 0 Å². The van der Waals surface area contributed by atoms with E-state index in [4.69, 9.17) is 0 Å². The first kappa shape index (κ1) is 14.2. The monoisotopic (exact) mass is 313 g/mol. The molecule has 0 radical (unpaired) electrons. The minimum atomic E-state index is -0.0931. The number of benzene rings is 1. The van der Waals surface area contributed by atoms with Gasteiger partial charge in [0.05, 0.1) is 17.0 Å². The highest BCUT2D eigenvalue weighted by Crippen LogP contribution is 2.12. The molecular formula is C15H19N7O. The van der Waals surface area contributed by atoms with E-state index in [-0.39, 0.29) is 18.0 Å². The maximum Gasteiger partial charge on any atom is 0.234 e. The van der Waals surface area contributed by atoms with Crippen molar-refractivity contribution in [1.82, 2.24) is 31.5 Å². The van der Waals surface area contributed by atoms with Crippen LogP contribution < -0.4 is 21.5 Å². The fraction of sp³-hybridized carbons (Fsp3) is 0.400. The van der Waals surface area contributed by atoms with Crippen LogP contribution in [0.1, 0.15) is 12.2 Å². The molecule has 8 heteroatoms. The smallest absolute Gasteiger partial charge is 0.234 e. The summed E-state index contributed by atoms with van der Waals surface area (Å²) < 4.78 is 0. The van der Waals surface area contributed by atoms with Crippen LogP contribution in [-0.4, -0.2) is 41.1 Å². The van der Waals surface area contributed by atoms with Crippen LogP contribution >= 0.6 is 0 Å². The number of aromatic amines is 1. The molecule has 4 rings (SSSR count). The number of H-pyrrole nitrogens is 1. The molecule has 2 unspecified atom stereocenters. The van der Waals surface area contributed by atoms with Crippen LogP contribution in [0.15, 0.2) is 29.3 Å². The Morgan fingerprint density at radius 3 is 3.13 bits per heavy atom. The van der Waals surface area contributed by atoms with E-state index in [1.165, 1.54) is 0 Å². The Bertz CT molecular complexity index is 720. The van der Waals surface area contributed by atoms with Crippen molar-refractivity contribution in [2.24, 2.45) is 10.9 Å². The van der Waals surface area contributed by atoms with Gasteiger partial charge >= 0.3 is 0 Å². The molecule has 120 valence electrons. The zero-order chi connectivity index (χ0) is 15.6. The number of carbonyl (C=O) groups is 1. The summed E-state index contributed by atoms with van der Waals surface area (Å²) in [6.07, 6.45) is 1.60. The molecule has 2 aliphatic heterocycles. The number of amides is 1. The van der Waals surface area contributed by atoms with Crippen LogP contribution in [0.5, 0.6) is 0 Å². The number of guanidine groups is 1. The third-order valence-electron chi connectivity index (χ3n) is 4.13. The molecule has 1 aromatic heterocycles. The lowest BCUT2D eigenvalue weighted by Crippen LogP contribution is -2.61. The Morgan fingerprint density at radius 1 is 1.30 bits per heavy atom. The molecule has 0 aliphatic carbocycles. The van der Waals surface area contributed by atoms with E-state index < -0.39 is 0 Å². The molecule has 0 spiro atoms. The SMILES string of the molecule is O=C1NC(=NCCCc2nc3ccccc3[nH]2)NC2NNCC12. The number of imidazole rings is 1. The van der Waals surface area contributed by atoms with Gasteiger partial charge < -0.3 is 10.3 Å². The molecule has 1 aromatic carbocycles. The molecule has 0 saturated carbocycles. The summed E-state index contributed by atoms with van der Waals surface area (Å²) in [5.41, 5.74) is 8.05. The first-order valence-electron chi connectivity index (χ1n) is 7.83. The molecule has 3 heterocycles. The number of aromatic nitrogens is 2. The molecule has 2 aromatic rings. The van der Waals surface area contributed by atoms with E-state index in [2.05, 4.69) is 36.4 Å². The number of aryl methyl sites for hydroxylation is 1. The van der Waals surface area contributed by atoms with E-state index in [1.54, 1.807) is 0 Å². The number of hydrogen-bond donors (Lipinski definition) is 5. The second-order valence-electron chi connectivity index (χ2n) is 5.78. The summed E-state index contributed by atoms with van der Waals surface area (Å²) >= 11 is 0. The van der Waals surface area contributed by atoms with Gasteiger partial charge in [0, 0.05) is 19.5 Å². The number of rotatable bonds is 4. The molecule has 2 atom stereocenters. The van der Waals surface area contributed by atoms with Crippen molar-refractivity contribution in [3.8, 4) is 0 Å². The molecule has 2 saturated heterocycles. The van der Waals surface area contributed by atoms with E-state index in [1.807, 2.05) is 24.3 Å². The fourth-order valence-electron chi connectivity index (χ4n) is 2.92. The average Bonchev–Trinajstić information content (AvgIpc) is 3.17. The lowest BCUT2D eigenvalue weighted by atomic mass is 10.1. The van der Waals surface area contributed by atoms with Crippen molar-refractivity contribution in [2.45, 2.75) is 19.0 Å². The van der Waals surface area contributed by atoms with Gasteiger partial charge in [-0.05, 0) is 18.6 Å². The summed E-state index contributed by atoms with van der Waals surface area (Å²) in [5, 5.41) is 5.99. The fourth-order valence-corrected chi connectivity index (χ4v) is 2.92. The Kier molecular flexibility index (Phi) is 3.68. The molecular weight excluding hydrogens is 294 g/mol. The maximum absolute atomic E-state index is 11.9. The lowest BCUT2D eigenvalue weighted by Gasteiger charge is -2.27. The third kappa shape index (κ3) is 2.90. The highest BCUT2D eigenvalue weighted by Gasteiger charge is 2.37. The Hall–Kier alpha value is -2.45.